The van der Waals surface area contributed by atoms with E-state index < -0.39 is 0 Å². The molecule has 0 aromatic carbocycles. The van der Waals surface area contributed by atoms with Crippen LogP contribution in [0.25, 0.3) is 0 Å². The minimum absolute atomic E-state index is 0. The zero-order valence-electron chi connectivity index (χ0n) is 4.23. The van der Waals surface area contributed by atoms with Crippen molar-refractivity contribution in [3.63, 3.8) is 0 Å². The van der Waals surface area contributed by atoms with E-state index in [0.29, 0.717) is 0 Å². The van der Waals surface area contributed by atoms with Gasteiger partial charge in [-0.1, -0.05) is 14.9 Å². The van der Waals surface area contributed by atoms with Gasteiger partial charge < -0.3 is 14.8 Å². The molecule has 0 aromatic heterocycles. The molecule has 0 spiro atoms. The predicted octanol–water partition coefficient (Wildman–Crippen LogP) is 2.17. The maximum Gasteiger partial charge on any atom is 0 e. The molecule has 0 N–H and O–H groups in total. The largest absolute Gasteiger partial charge is 0.358 e. The third kappa shape index (κ3) is 54.3. The standard InChI is InChI=1S/2CH4.2CH3.2W/h2*1H4;2*1H3;;/q;;2*-1;;/i;;2*1D;;. The van der Waals surface area contributed by atoms with E-state index in [1.807, 2.05) is 0 Å². The van der Waals surface area contributed by atoms with Gasteiger partial charge >= 0.3 is 0 Å². The first-order valence-electron chi connectivity index (χ1n) is 1.41. The van der Waals surface area contributed by atoms with Crippen molar-refractivity contribution >= 4 is 0 Å². The fourth-order valence-corrected chi connectivity index (χ4v) is 0. The van der Waals surface area contributed by atoms with Crippen LogP contribution in [0.2, 0.25) is 0 Å². The van der Waals surface area contributed by atoms with Gasteiger partial charge in [0.15, 0.2) is 0 Å². The summed E-state index contributed by atoms with van der Waals surface area (Å²) in [5.74, 6) is 0. The average molecular weight is 432 g/mol. The van der Waals surface area contributed by atoms with Crippen molar-refractivity contribution in [2.75, 3.05) is 0 Å². The maximum atomic E-state index is 5.50. The van der Waals surface area contributed by atoms with Gasteiger partial charge in [0.05, 0.1) is 0 Å². The molecule has 0 fully saturated rings. The summed E-state index contributed by atoms with van der Waals surface area (Å²) in [7, 11) is 5.00. The fourth-order valence-electron chi connectivity index (χ4n) is 0. The Morgan fingerprint density at radius 2 is 0.833 bits per heavy atom. The van der Waals surface area contributed by atoms with Crippen molar-refractivity contribution in [2.24, 2.45) is 0 Å². The summed E-state index contributed by atoms with van der Waals surface area (Å²) < 4.78 is 11.0. The minimum Gasteiger partial charge on any atom is -0.358 e. The van der Waals surface area contributed by atoms with Gasteiger partial charge in [-0.05, 0) is 0 Å². The number of hydrogen-bond acceptors (Lipinski definition) is 0. The summed E-state index contributed by atoms with van der Waals surface area (Å²) in [6.45, 7) is 0. The van der Waals surface area contributed by atoms with E-state index >= 15 is 0 Å². The second-order valence-electron chi connectivity index (χ2n) is 0. The summed E-state index contributed by atoms with van der Waals surface area (Å²) in [4.78, 5) is 0. The van der Waals surface area contributed by atoms with Crippen molar-refractivity contribution in [3.05, 3.63) is 14.8 Å². The number of hydrogen-bond donors (Lipinski definition) is 0. The Labute approximate surface area is 74.4 Å². The van der Waals surface area contributed by atoms with Crippen molar-refractivity contribution < 1.29 is 44.9 Å². The van der Waals surface area contributed by atoms with Gasteiger partial charge in [-0.3, -0.25) is 0 Å². The molecule has 0 unspecified atom stereocenters. The van der Waals surface area contributed by atoms with Crippen LogP contribution in [-0.4, -0.2) is 0 Å². The van der Waals surface area contributed by atoms with Gasteiger partial charge in [-0.15, -0.1) is 0 Å². The van der Waals surface area contributed by atoms with Gasteiger partial charge in [-0.2, -0.15) is 0 Å². The van der Waals surface area contributed by atoms with Gasteiger partial charge in [0, 0.05) is 42.1 Å². The van der Waals surface area contributed by atoms with Crippen LogP contribution >= 0.6 is 0 Å². The van der Waals surface area contributed by atoms with Crippen LogP contribution in [0.4, 0.5) is 0 Å². The monoisotopic (exact) mass is 432 g/mol. The molecule has 0 bridgehead atoms. The second kappa shape index (κ2) is 97.3. The molecule has 0 saturated heterocycles. The fraction of sp³-hybridized carbons (Fsp3) is 0.500. The van der Waals surface area contributed by atoms with E-state index in [9.17, 15) is 0 Å². The van der Waals surface area contributed by atoms with Crippen molar-refractivity contribution in [1.82, 2.24) is 0 Å². The Morgan fingerprint density at radius 1 is 0.833 bits per heavy atom. The molecule has 6 heavy (non-hydrogen) atoms. The van der Waals surface area contributed by atoms with Gasteiger partial charge in [-0.25, -0.2) is 2.74 Å². The molecule has 0 nitrogen and oxygen atoms in total. The molecular weight excluding hydrogens is 416 g/mol. The van der Waals surface area contributed by atoms with E-state index in [4.69, 9.17) is 2.74 Å². The minimum atomic E-state index is 0. The topological polar surface area (TPSA) is 0 Å². The van der Waals surface area contributed by atoms with Gasteiger partial charge in [0.1, 0.15) is 0 Å². The van der Waals surface area contributed by atoms with Crippen LogP contribution in [-0.2, 0) is 42.1 Å². The molecule has 0 aliphatic heterocycles. The number of rotatable bonds is 0. The molecule has 2 heteroatoms. The summed E-state index contributed by atoms with van der Waals surface area (Å²) in [6, 6.07) is 0. The summed E-state index contributed by atoms with van der Waals surface area (Å²) >= 11 is 0. The van der Waals surface area contributed by atoms with Crippen LogP contribution in [0.5, 0.6) is 0 Å². The smallest absolute Gasteiger partial charge is 0 e. The first-order valence-corrected chi connectivity index (χ1v) is 0. The van der Waals surface area contributed by atoms with E-state index in [2.05, 4.69) is 14.8 Å². The summed E-state index contributed by atoms with van der Waals surface area (Å²) in [6.07, 6.45) is 0. The van der Waals surface area contributed by atoms with Crippen molar-refractivity contribution in [3.8, 4) is 0 Å². The molecule has 44 valence electrons. The Hall–Kier alpha value is 1.38. The molecule has 0 atom stereocenters. The normalized spacial score (nSPS) is 2.33. The molecule has 0 rings (SSSR count). The Kier molecular flexibility index (Phi) is 426. The van der Waals surface area contributed by atoms with Crippen LogP contribution in [0.15, 0.2) is 0 Å². The molecule has 0 aliphatic carbocycles. The summed E-state index contributed by atoms with van der Waals surface area (Å²) in [5, 5.41) is 0. The SMILES string of the molecule is C.C.[2H][CH2-].[2H][CH2-].[W].[W]. The Bertz CT molecular complexity index is 12.0. The van der Waals surface area contributed by atoms with Gasteiger partial charge in [0.2, 0.25) is 0 Å². The van der Waals surface area contributed by atoms with E-state index in [-0.39, 0.29) is 57.0 Å². The van der Waals surface area contributed by atoms with Crippen molar-refractivity contribution in [1.29, 1.82) is 0 Å². The van der Waals surface area contributed by atoms with E-state index in [0.717, 1.165) is 0 Å². The zero-order chi connectivity index (χ0) is 4.00. The second-order valence-corrected chi connectivity index (χ2v) is 0. The molecule has 0 radical (unpaired) electrons. The molecule has 0 heterocycles. The zero-order valence-corrected chi connectivity index (χ0v) is 8.10. The molecule has 0 aromatic rings. The molecule has 0 saturated carbocycles. The van der Waals surface area contributed by atoms with E-state index in [1.54, 1.807) is 0 Å². The third-order valence-corrected chi connectivity index (χ3v) is 0. The average Bonchev–Trinajstić information content (AvgIpc) is 1.50. The van der Waals surface area contributed by atoms with Crippen LogP contribution in [0, 0.1) is 14.8 Å². The Morgan fingerprint density at radius 3 is 0.833 bits per heavy atom. The predicted molar refractivity (Wildman–Crippen MR) is 26.3 cm³/mol. The van der Waals surface area contributed by atoms with Crippen molar-refractivity contribution in [2.45, 2.75) is 14.9 Å². The molecule has 0 aliphatic rings. The van der Waals surface area contributed by atoms with Crippen LogP contribution in [0.3, 0.4) is 0 Å². The quantitative estimate of drug-likeness (QED) is 0.516. The Balaban J connectivity index is -0.00000000167. The van der Waals surface area contributed by atoms with Gasteiger partial charge in [0.25, 0.3) is 0 Å². The first-order chi connectivity index (χ1) is 2.00. The summed E-state index contributed by atoms with van der Waals surface area (Å²) in [5.41, 5.74) is 0. The third-order valence-electron chi connectivity index (χ3n) is 0. The van der Waals surface area contributed by atoms with Crippen LogP contribution < -0.4 is 0 Å². The molecule has 0 amide bonds. The molecular formula is C4H14W2-2. The van der Waals surface area contributed by atoms with Crippen LogP contribution in [0.1, 0.15) is 17.6 Å². The maximum absolute atomic E-state index is 5.50. The first kappa shape index (κ1) is 26.3. The van der Waals surface area contributed by atoms with E-state index in [1.165, 1.54) is 0 Å².